The molecule has 2 heterocycles. The fourth-order valence-corrected chi connectivity index (χ4v) is 6.50. The highest BCUT2D eigenvalue weighted by molar-refractivity contribution is 7.91. The molecular formula is C27H28Cl2F3N5O5S. The number of hydrogen-bond donors (Lipinski definition) is 1. The summed E-state index contributed by atoms with van der Waals surface area (Å²) in [7, 11) is -0.366. The lowest BCUT2D eigenvalue weighted by atomic mass is 10.0. The number of hydrogen-bond acceptors (Lipinski definition) is 7. The van der Waals surface area contributed by atoms with E-state index in [2.05, 4.69) is 9.98 Å². The Hall–Kier alpha value is -3.04. The maximum absolute atomic E-state index is 14.3. The highest BCUT2D eigenvalue weighted by atomic mass is 35.5. The van der Waals surface area contributed by atoms with E-state index >= 15 is 0 Å². The molecule has 4 rings (SSSR count). The number of rotatable bonds is 8. The Morgan fingerprint density at radius 3 is 2.47 bits per heavy atom. The van der Waals surface area contributed by atoms with Gasteiger partial charge in [-0.15, -0.1) is 0 Å². The molecule has 10 nitrogen and oxygen atoms in total. The normalized spacial score (nSPS) is 15.7. The van der Waals surface area contributed by atoms with E-state index in [9.17, 15) is 36.0 Å². The molecule has 0 spiro atoms. The first-order valence-electron chi connectivity index (χ1n) is 13.0. The second-order valence-corrected chi connectivity index (χ2v) is 13.4. The number of halogens is 5. The summed E-state index contributed by atoms with van der Waals surface area (Å²) in [5.74, 6) is -0.637. The number of alkyl halides is 3. The van der Waals surface area contributed by atoms with E-state index < -0.39 is 49.8 Å². The highest BCUT2D eigenvalue weighted by Crippen LogP contribution is 2.39. The first-order valence-corrected chi connectivity index (χ1v) is 15.5. The molecule has 1 saturated heterocycles. The van der Waals surface area contributed by atoms with Crippen LogP contribution in [0.1, 0.15) is 30.0 Å². The molecule has 16 heteroatoms. The molecule has 1 aliphatic rings. The summed E-state index contributed by atoms with van der Waals surface area (Å²) in [6.07, 6.45) is -4.53. The fraction of sp³-hybridized carbons (Fsp3) is 0.407. The number of likely N-dealkylation sites (tertiary alicyclic amines) is 1. The molecular weight excluding hydrogens is 634 g/mol. The van der Waals surface area contributed by atoms with E-state index in [-0.39, 0.29) is 57.9 Å². The van der Waals surface area contributed by atoms with Crippen molar-refractivity contribution in [3.63, 3.8) is 0 Å². The van der Waals surface area contributed by atoms with Crippen LogP contribution < -0.4 is 11.2 Å². The first kappa shape index (κ1) is 32.9. The lowest BCUT2D eigenvalue weighted by Gasteiger charge is -2.21. The largest absolute Gasteiger partial charge is 0.416 e. The number of aromatic nitrogens is 2. The molecule has 0 radical (unpaired) electrons. The van der Waals surface area contributed by atoms with Crippen molar-refractivity contribution in [3.05, 3.63) is 71.8 Å². The van der Waals surface area contributed by atoms with Crippen LogP contribution in [0.25, 0.3) is 10.9 Å². The first-order chi connectivity index (χ1) is 20.0. The van der Waals surface area contributed by atoms with Gasteiger partial charge in [0.15, 0.2) is 9.84 Å². The summed E-state index contributed by atoms with van der Waals surface area (Å²) in [6.45, 7) is 1.13. The summed E-state index contributed by atoms with van der Waals surface area (Å²) in [4.78, 5) is 48.2. The van der Waals surface area contributed by atoms with Crippen molar-refractivity contribution in [2.75, 3.05) is 39.5 Å². The van der Waals surface area contributed by atoms with E-state index in [0.717, 1.165) is 0 Å². The maximum atomic E-state index is 14.3. The number of fused-ring (bicyclic) bond motifs is 1. The molecule has 0 atom stereocenters. The lowest BCUT2D eigenvalue weighted by molar-refractivity contribution is -0.138. The summed E-state index contributed by atoms with van der Waals surface area (Å²) in [5.41, 5.74) is -3.33. The molecule has 43 heavy (non-hydrogen) atoms. The zero-order valence-electron chi connectivity index (χ0n) is 23.4. The van der Waals surface area contributed by atoms with Gasteiger partial charge >= 0.3 is 11.9 Å². The molecule has 1 aliphatic heterocycles. The lowest BCUT2D eigenvalue weighted by Crippen LogP contribution is -2.36. The Balaban J connectivity index is 1.78. The molecule has 2 aromatic carbocycles. The molecule has 1 N–H and O–H groups in total. The van der Waals surface area contributed by atoms with Crippen LogP contribution in [-0.4, -0.2) is 78.9 Å². The molecule has 232 valence electrons. The van der Waals surface area contributed by atoms with E-state index in [4.69, 9.17) is 23.2 Å². The number of sulfone groups is 1. The van der Waals surface area contributed by atoms with Gasteiger partial charge in [0.2, 0.25) is 0 Å². The third kappa shape index (κ3) is 7.20. The number of nitrogens with zero attached hydrogens (tertiary/aromatic N) is 4. The third-order valence-corrected chi connectivity index (χ3v) is 9.41. The maximum Gasteiger partial charge on any atom is 0.416 e. The van der Waals surface area contributed by atoms with Gasteiger partial charge in [0, 0.05) is 30.4 Å². The van der Waals surface area contributed by atoms with Crippen molar-refractivity contribution < 1.29 is 26.4 Å². The van der Waals surface area contributed by atoms with Crippen molar-refractivity contribution in [2.24, 2.45) is 4.99 Å². The second kappa shape index (κ2) is 12.5. The summed E-state index contributed by atoms with van der Waals surface area (Å²) in [5, 5.41) is -0.808. The van der Waals surface area contributed by atoms with Gasteiger partial charge in [0.1, 0.15) is 0 Å². The van der Waals surface area contributed by atoms with Crippen LogP contribution >= 0.6 is 23.2 Å². The number of amides is 1. The Bertz CT molecular complexity index is 1850. The van der Waals surface area contributed by atoms with Crippen LogP contribution in [0.4, 0.5) is 13.2 Å². The number of benzene rings is 2. The second-order valence-electron chi connectivity index (χ2n) is 10.4. The van der Waals surface area contributed by atoms with Gasteiger partial charge in [-0.1, -0.05) is 30.1 Å². The number of H-pyrrole nitrogens is 1. The highest BCUT2D eigenvalue weighted by Gasteiger charge is 2.37. The Morgan fingerprint density at radius 2 is 1.84 bits per heavy atom. The van der Waals surface area contributed by atoms with Gasteiger partial charge in [-0.05, 0) is 55.9 Å². The predicted octanol–water partition coefficient (Wildman–Crippen LogP) is 3.59. The van der Waals surface area contributed by atoms with E-state index in [1.807, 2.05) is 0 Å². The molecule has 3 aromatic rings. The van der Waals surface area contributed by atoms with Crippen LogP contribution in [-0.2, 0) is 33.9 Å². The summed E-state index contributed by atoms with van der Waals surface area (Å²) >= 11 is 12.5. The molecule has 0 saturated carbocycles. The Kier molecular flexibility index (Phi) is 9.57. The van der Waals surface area contributed by atoms with Crippen LogP contribution in [0.2, 0.25) is 10.0 Å². The van der Waals surface area contributed by atoms with Crippen molar-refractivity contribution in [1.82, 2.24) is 19.4 Å². The summed E-state index contributed by atoms with van der Waals surface area (Å²) in [6, 6.07) is 4.50. The zero-order chi connectivity index (χ0) is 31.9. The minimum atomic E-state index is -4.91. The molecule has 0 bridgehead atoms. The number of aromatic amines is 1. The average Bonchev–Trinajstić information content (AvgIpc) is 3.33. The van der Waals surface area contributed by atoms with E-state index in [1.54, 1.807) is 23.9 Å². The number of likely N-dealkylation sites (N-methyl/N-ethyl adjacent to an activating group) is 1. The van der Waals surface area contributed by atoms with Gasteiger partial charge in [-0.25, -0.2) is 18.2 Å². The van der Waals surface area contributed by atoms with Crippen LogP contribution in [0.15, 0.2) is 43.7 Å². The molecule has 1 fully saturated rings. The van der Waals surface area contributed by atoms with Crippen molar-refractivity contribution in [1.29, 1.82) is 0 Å². The zero-order valence-corrected chi connectivity index (χ0v) is 25.7. The van der Waals surface area contributed by atoms with E-state index in [1.165, 1.54) is 25.1 Å². The van der Waals surface area contributed by atoms with Crippen molar-refractivity contribution in [2.45, 2.75) is 37.5 Å². The van der Waals surface area contributed by atoms with Crippen LogP contribution in [0, 0.1) is 0 Å². The van der Waals surface area contributed by atoms with Gasteiger partial charge in [0.25, 0.3) is 11.5 Å². The average molecular weight is 663 g/mol. The summed E-state index contributed by atoms with van der Waals surface area (Å²) < 4.78 is 68.8. The van der Waals surface area contributed by atoms with Gasteiger partial charge < -0.3 is 9.88 Å². The van der Waals surface area contributed by atoms with Crippen LogP contribution in [0.5, 0.6) is 0 Å². The van der Waals surface area contributed by atoms with Gasteiger partial charge in [-0.2, -0.15) is 13.2 Å². The minimum absolute atomic E-state index is 0.0237. The minimum Gasteiger partial charge on any atom is -0.305 e. The predicted molar refractivity (Wildman–Crippen MR) is 158 cm³/mol. The quantitative estimate of drug-likeness (QED) is 0.391. The number of carbonyl (C=O) groups excluding carboxylic acids is 1. The number of carbonyl (C=O) groups is 1. The third-order valence-electron chi connectivity index (χ3n) is 6.93. The topological polar surface area (TPSA) is 125 Å². The molecule has 0 aliphatic carbocycles. The van der Waals surface area contributed by atoms with E-state index in [0.29, 0.717) is 29.3 Å². The van der Waals surface area contributed by atoms with Crippen molar-refractivity contribution >= 4 is 55.6 Å². The van der Waals surface area contributed by atoms with Crippen molar-refractivity contribution in [3.8, 4) is 0 Å². The van der Waals surface area contributed by atoms with Gasteiger partial charge in [-0.3, -0.25) is 19.1 Å². The monoisotopic (exact) mass is 661 g/mol. The number of aliphatic imine (C=N–C) groups is 1. The number of nitrogens with one attached hydrogen (secondary N) is 1. The van der Waals surface area contributed by atoms with Gasteiger partial charge in [0.05, 0.1) is 45.2 Å². The smallest absolute Gasteiger partial charge is 0.305 e. The van der Waals surface area contributed by atoms with Crippen LogP contribution in [0.3, 0.4) is 0 Å². The Labute approximate surface area is 254 Å². The molecule has 1 amide bonds. The fourth-order valence-electron chi connectivity index (χ4n) is 4.88. The SMILES string of the molecule is CCS(=O)(=O)c1ccc(Cl)cc1Cn1c(=O)[nH]c2c(Cl)c(CN3CCC(=NC(=O)CN(C)C)C3)c(C(F)(F)F)cc2c1=O. The molecule has 1 aromatic heterocycles. The molecule has 0 unspecified atom stereocenters. The Morgan fingerprint density at radius 1 is 1.14 bits per heavy atom. The standard InChI is InChI=1S/C27H28Cl2F3N5O5S/c1-4-43(41,42)21-6-5-16(28)9-15(21)11-37-25(39)18-10-20(27(30,31)32)19(23(29)24(18)34-26(37)40)13-36-8-7-17(12-36)33-22(38)14-35(2)3/h5-6,9-10H,4,7-8,11-14H2,1-3H3,(H,34,40).